The molecule has 1 aromatic rings. The second-order valence-electron chi connectivity index (χ2n) is 3.57. The van der Waals surface area contributed by atoms with Crippen LogP contribution in [0, 0.1) is 6.92 Å². The first-order valence-corrected chi connectivity index (χ1v) is 4.55. The summed E-state index contributed by atoms with van der Waals surface area (Å²) in [5.41, 5.74) is 3.10. The zero-order valence-electron chi connectivity index (χ0n) is 8.14. The molecule has 1 nitrogen and oxygen atoms in total. The Morgan fingerprint density at radius 3 is 2.71 bits per heavy atom. The van der Waals surface area contributed by atoms with Gasteiger partial charge in [0.15, 0.2) is 0 Å². The minimum absolute atomic E-state index is 0.154. The molecule has 74 valence electrons. The molecule has 0 fully saturated rings. The topological polar surface area (TPSA) is 12.9 Å². The number of aromatic nitrogens is 1. The van der Waals surface area contributed by atoms with E-state index in [1.807, 2.05) is 13.0 Å². The van der Waals surface area contributed by atoms with Crippen LogP contribution in [0.5, 0.6) is 0 Å². The first-order valence-electron chi connectivity index (χ1n) is 4.55. The van der Waals surface area contributed by atoms with Crippen LogP contribution in [0.3, 0.4) is 0 Å². The van der Waals surface area contributed by atoms with Crippen molar-refractivity contribution < 1.29 is 8.78 Å². The van der Waals surface area contributed by atoms with Gasteiger partial charge >= 0.3 is 0 Å². The zero-order chi connectivity index (χ0) is 10.3. The lowest BCUT2D eigenvalue weighted by molar-refractivity contribution is 0.150. The molecule has 2 rings (SSSR count). The minimum atomic E-state index is -2.41. The lowest BCUT2D eigenvalue weighted by atomic mass is 10.0. The molecule has 1 aliphatic carbocycles. The largest absolute Gasteiger partial charge is 0.264 e. The normalized spacial score (nSPS) is 14.5. The summed E-state index contributed by atoms with van der Waals surface area (Å²) in [6.45, 7) is 3.54. The standard InChI is InChI=1S/C11H11F2N/c1-6-3-4-8-9(6)10(11(12)13)7(2)5-14-8/h3,5,11H,4H2,1-2H3. The highest BCUT2D eigenvalue weighted by Crippen LogP contribution is 2.35. The number of hydrogen-bond donors (Lipinski definition) is 0. The quantitative estimate of drug-likeness (QED) is 0.670. The number of aryl methyl sites for hydroxylation is 1. The highest BCUT2D eigenvalue weighted by Gasteiger charge is 2.23. The Labute approximate surface area is 81.5 Å². The lowest BCUT2D eigenvalue weighted by Gasteiger charge is -2.11. The molecular formula is C11H11F2N. The van der Waals surface area contributed by atoms with Crippen molar-refractivity contribution in [2.24, 2.45) is 0 Å². The predicted octanol–water partition coefficient (Wildman–Crippen LogP) is 3.29. The Morgan fingerprint density at radius 2 is 2.07 bits per heavy atom. The van der Waals surface area contributed by atoms with Gasteiger partial charge in [0.05, 0.1) is 5.69 Å². The van der Waals surface area contributed by atoms with Crippen LogP contribution in [0.15, 0.2) is 12.3 Å². The summed E-state index contributed by atoms with van der Waals surface area (Å²) in [6, 6.07) is 0. The third-order valence-electron chi connectivity index (χ3n) is 2.61. The van der Waals surface area contributed by atoms with Gasteiger partial charge in [-0.15, -0.1) is 0 Å². The van der Waals surface area contributed by atoms with Crippen LogP contribution in [0.1, 0.15) is 35.7 Å². The molecule has 0 spiro atoms. The summed E-state index contributed by atoms with van der Waals surface area (Å²) in [5, 5.41) is 0. The van der Waals surface area contributed by atoms with E-state index in [2.05, 4.69) is 4.98 Å². The Hall–Kier alpha value is -1.25. The summed E-state index contributed by atoms with van der Waals surface area (Å²) < 4.78 is 25.6. The predicted molar refractivity (Wildman–Crippen MR) is 51.3 cm³/mol. The van der Waals surface area contributed by atoms with Crippen molar-refractivity contribution in [1.82, 2.24) is 4.98 Å². The fraction of sp³-hybridized carbons (Fsp3) is 0.364. The van der Waals surface area contributed by atoms with E-state index in [1.165, 1.54) is 6.20 Å². The van der Waals surface area contributed by atoms with Gasteiger partial charge in [0.2, 0.25) is 0 Å². The van der Waals surface area contributed by atoms with Crippen LogP contribution in [-0.4, -0.2) is 4.98 Å². The van der Waals surface area contributed by atoms with Crippen LogP contribution < -0.4 is 0 Å². The van der Waals surface area contributed by atoms with Gasteiger partial charge in [-0.3, -0.25) is 4.98 Å². The molecule has 0 bridgehead atoms. The van der Waals surface area contributed by atoms with Crippen LogP contribution >= 0.6 is 0 Å². The van der Waals surface area contributed by atoms with Gasteiger partial charge in [-0.2, -0.15) is 0 Å². The van der Waals surface area contributed by atoms with E-state index in [0.29, 0.717) is 17.5 Å². The average molecular weight is 195 g/mol. The molecule has 1 heterocycles. The number of pyridine rings is 1. The average Bonchev–Trinajstić information content (AvgIpc) is 2.47. The van der Waals surface area contributed by atoms with Crippen molar-refractivity contribution in [3.05, 3.63) is 34.7 Å². The molecule has 0 amide bonds. The number of allylic oxidation sites excluding steroid dienone is 2. The van der Waals surface area contributed by atoms with Crippen molar-refractivity contribution in [1.29, 1.82) is 0 Å². The van der Waals surface area contributed by atoms with E-state index in [9.17, 15) is 8.78 Å². The highest BCUT2D eigenvalue weighted by molar-refractivity contribution is 5.73. The van der Waals surface area contributed by atoms with Gasteiger partial charge in [0.1, 0.15) is 0 Å². The van der Waals surface area contributed by atoms with Crippen LogP contribution in [0.4, 0.5) is 8.78 Å². The lowest BCUT2D eigenvalue weighted by Crippen LogP contribution is -2.00. The molecule has 0 saturated heterocycles. The summed E-state index contributed by atoms with van der Waals surface area (Å²) in [7, 11) is 0. The molecule has 0 saturated carbocycles. The maximum absolute atomic E-state index is 12.8. The van der Waals surface area contributed by atoms with Gasteiger partial charge in [-0.25, -0.2) is 8.78 Å². The van der Waals surface area contributed by atoms with Crippen LogP contribution in [0.25, 0.3) is 5.57 Å². The molecule has 1 aromatic heterocycles. The van der Waals surface area contributed by atoms with Gasteiger partial charge < -0.3 is 0 Å². The van der Waals surface area contributed by atoms with E-state index in [-0.39, 0.29) is 5.56 Å². The number of hydrogen-bond acceptors (Lipinski definition) is 1. The fourth-order valence-electron chi connectivity index (χ4n) is 1.89. The molecule has 3 heteroatoms. The van der Waals surface area contributed by atoms with E-state index in [1.54, 1.807) is 6.92 Å². The number of halogens is 2. The van der Waals surface area contributed by atoms with Crippen molar-refractivity contribution in [2.75, 3.05) is 0 Å². The Morgan fingerprint density at radius 1 is 1.36 bits per heavy atom. The van der Waals surface area contributed by atoms with E-state index < -0.39 is 6.43 Å². The molecule has 0 N–H and O–H groups in total. The van der Waals surface area contributed by atoms with Gasteiger partial charge in [-0.05, 0) is 25.0 Å². The molecule has 0 aliphatic heterocycles. The maximum Gasteiger partial charge on any atom is 0.264 e. The van der Waals surface area contributed by atoms with Crippen LogP contribution in [0.2, 0.25) is 0 Å². The summed E-state index contributed by atoms with van der Waals surface area (Å²) in [5.74, 6) is 0. The molecule has 0 radical (unpaired) electrons. The molecular weight excluding hydrogens is 184 g/mol. The summed E-state index contributed by atoms with van der Waals surface area (Å²) in [4.78, 5) is 4.17. The first-order chi connectivity index (χ1) is 6.61. The molecule has 0 aromatic carbocycles. The third kappa shape index (κ3) is 1.24. The number of rotatable bonds is 1. The summed E-state index contributed by atoms with van der Waals surface area (Å²) >= 11 is 0. The van der Waals surface area contributed by atoms with Crippen molar-refractivity contribution in [2.45, 2.75) is 26.7 Å². The summed E-state index contributed by atoms with van der Waals surface area (Å²) in [6.07, 6.45) is 1.75. The third-order valence-corrected chi connectivity index (χ3v) is 2.61. The van der Waals surface area contributed by atoms with Crippen LogP contribution in [-0.2, 0) is 6.42 Å². The Kier molecular flexibility index (Phi) is 2.10. The fourth-order valence-corrected chi connectivity index (χ4v) is 1.89. The monoisotopic (exact) mass is 195 g/mol. The minimum Gasteiger partial charge on any atom is -0.260 e. The van der Waals surface area contributed by atoms with E-state index in [0.717, 1.165) is 11.3 Å². The molecule has 1 aliphatic rings. The Balaban J connectivity index is 2.68. The van der Waals surface area contributed by atoms with E-state index in [4.69, 9.17) is 0 Å². The molecule has 0 unspecified atom stereocenters. The second-order valence-corrected chi connectivity index (χ2v) is 3.57. The molecule has 14 heavy (non-hydrogen) atoms. The first kappa shape index (κ1) is 9.31. The molecule has 0 atom stereocenters. The SMILES string of the molecule is CC1=CCc2ncc(C)c(C(F)F)c21. The Bertz CT molecular complexity index is 408. The highest BCUT2D eigenvalue weighted by atomic mass is 19.3. The second kappa shape index (κ2) is 3.15. The van der Waals surface area contributed by atoms with Crippen molar-refractivity contribution in [3.63, 3.8) is 0 Å². The van der Waals surface area contributed by atoms with Gasteiger partial charge in [-0.1, -0.05) is 6.08 Å². The smallest absolute Gasteiger partial charge is 0.260 e. The van der Waals surface area contributed by atoms with Crippen molar-refractivity contribution >= 4 is 5.57 Å². The van der Waals surface area contributed by atoms with Gasteiger partial charge in [0.25, 0.3) is 6.43 Å². The number of alkyl halides is 2. The van der Waals surface area contributed by atoms with Gasteiger partial charge in [0, 0.05) is 23.7 Å². The number of fused-ring (bicyclic) bond motifs is 1. The maximum atomic E-state index is 12.8. The van der Waals surface area contributed by atoms with E-state index >= 15 is 0 Å². The van der Waals surface area contributed by atoms with Crippen molar-refractivity contribution in [3.8, 4) is 0 Å². The number of nitrogens with zero attached hydrogens (tertiary/aromatic N) is 1. The zero-order valence-corrected chi connectivity index (χ0v) is 8.14.